The lowest BCUT2D eigenvalue weighted by molar-refractivity contribution is -0.252. The Morgan fingerprint density at radius 3 is 2.26 bits per heavy atom. The van der Waals surface area contributed by atoms with Crippen LogP contribution in [0, 0.1) is 0 Å². The zero-order valence-corrected chi connectivity index (χ0v) is 28.6. The number of aromatic hydroxyl groups is 1. The fourth-order valence-corrected chi connectivity index (χ4v) is 7.21. The third kappa shape index (κ3) is 9.04. The predicted molar refractivity (Wildman–Crippen MR) is 191 cm³/mol. The molecule has 0 bridgehead atoms. The molecular formula is C40H42N2O7S. The highest BCUT2D eigenvalue weighted by Crippen LogP contribution is 2.39. The Morgan fingerprint density at radius 2 is 1.52 bits per heavy atom. The van der Waals surface area contributed by atoms with E-state index < -0.39 is 22.4 Å². The maximum atomic E-state index is 12.8. The summed E-state index contributed by atoms with van der Waals surface area (Å²) < 4.78 is 41.4. The normalized spacial score (nSPS) is 18.6. The van der Waals surface area contributed by atoms with Crippen molar-refractivity contribution in [1.29, 1.82) is 0 Å². The van der Waals surface area contributed by atoms with Crippen molar-refractivity contribution in [2.45, 2.75) is 49.1 Å². The van der Waals surface area contributed by atoms with E-state index in [1.807, 2.05) is 84.7 Å². The molecule has 1 aliphatic heterocycles. The van der Waals surface area contributed by atoms with Crippen LogP contribution in [0.2, 0.25) is 0 Å². The maximum Gasteiger partial charge on any atom is 0.240 e. The number of phenols is 1. The Hall–Kier alpha value is -4.39. The Bertz CT molecular complexity index is 1970. The number of nitrogens with one attached hydrogen (secondary N) is 1. The number of aliphatic hydroxyl groups is 2. The van der Waals surface area contributed by atoms with Gasteiger partial charge in [0, 0.05) is 31.6 Å². The molecule has 50 heavy (non-hydrogen) atoms. The summed E-state index contributed by atoms with van der Waals surface area (Å²) in [4.78, 5) is 2.23. The standard InChI is InChI=1S/C40H42N2O7S/c1-42(26-38(45)33-11-7-13-35(44)22-33)25-36-23-39(30-18-16-28(27-43)17-19-30)49-40(48-36)34-12-6-10-32(21-34)31-9-5-8-29(20-31)24-41-50(46,47)37-14-3-2-4-15-37/h2-22,36,38-41,43-45H,23-27H2,1H3/t36-,38-,39+,40+/m1/s1. The van der Waals surface area contributed by atoms with Gasteiger partial charge in [0.15, 0.2) is 6.29 Å². The van der Waals surface area contributed by atoms with Crippen molar-refractivity contribution in [3.8, 4) is 16.9 Å². The van der Waals surface area contributed by atoms with Crippen molar-refractivity contribution >= 4 is 10.0 Å². The van der Waals surface area contributed by atoms with Crippen LogP contribution in [0.15, 0.2) is 132 Å². The lowest BCUT2D eigenvalue weighted by Crippen LogP contribution is -2.39. The van der Waals surface area contributed by atoms with Crippen molar-refractivity contribution in [3.63, 3.8) is 0 Å². The van der Waals surface area contributed by atoms with Gasteiger partial charge in [-0.3, -0.25) is 0 Å². The first-order valence-electron chi connectivity index (χ1n) is 16.6. The van der Waals surface area contributed by atoms with Crippen LogP contribution in [-0.4, -0.2) is 54.9 Å². The Balaban J connectivity index is 1.19. The topological polar surface area (TPSA) is 129 Å². The maximum absolute atomic E-state index is 12.8. The number of hydrogen-bond donors (Lipinski definition) is 4. The van der Waals surface area contributed by atoms with E-state index in [4.69, 9.17) is 9.47 Å². The molecule has 9 nitrogen and oxygen atoms in total. The van der Waals surface area contributed by atoms with Gasteiger partial charge in [-0.25, -0.2) is 13.1 Å². The summed E-state index contributed by atoms with van der Waals surface area (Å²) in [5, 5.41) is 30.3. The lowest BCUT2D eigenvalue weighted by Gasteiger charge is -2.38. The summed E-state index contributed by atoms with van der Waals surface area (Å²) in [6.07, 6.45) is -1.39. The van der Waals surface area contributed by atoms with Crippen LogP contribution in [0.25, 0.3) is 11.1 Å². The molecule has 0 aliphatic carbocycles. The van der Waals surface area contributed by atoms with Gasteiger partial charge >= 0.3 is 0 Å². The van der Waals surface area contributed by atoms with Gasteiger partial charge in [0.05, 0.1) is 29.8 Å². The smallest absolute Gasteiger partial charge is 0.240 e. The van der Waals surface area contributed by atoms with Crippen LogP contribution in [-0.2, 0) is 32.6 Å². The van der Waals surface area contributed by atoms with E-state index in [2.05, 4.69) is 4.72 Å². The van der Waals surface area contributed by atoms with Gasteiger partial charge in [0.25, 0.3) is 0 Å². The molecule has 0 saturated carbocycles. The van der Waals surface area contributed by atoms with Gasteiger partial charge in [-0.05, 0) is 76.8 Å². The number of ether oxygens (including phenoxy) is 2. The number of rotatable bonds is 13. The van der Waals surface area contributed by atoms with Crippen LogP contribution in [0.4, 0.5) is 0 Å². The van der Waals surface area contributed by atoms with Crippen molar-refractivity contribution in [3.05, 3.63) is 155 Å². The molecular weight excluding hydrogens is 653 g/mol. The molecule has 5 aromatic rings. The molecule has 1 heterocycles. The molecule has 0 aromatic heterocycles. The summed E-state index contributed by atoms with van der Waals surface area (Å²) in [5.41, 5.74) is 5.94. The van der Waals surface area contributed by atoms with Gasteiger partial charge in [0.1, 0.15) is 5.75 Å². The summed E-state index contributed by atoms with van der Waals surface area (Å²) in [7, 11) is -1.72. The zero-order valence-electron chi connectivity index (χ0n) is 27.8. The number of nitrogens with zero attached hydrogens (tertiary/aromatic N) is 1. The summed E-state index contributed by atoms with van der Waals surface area (Å²) in [6, 6.07) is 38.4. The Morgan fingerprint density at radius 1 is 0.800 bits per heavy atom. The minimum absolute atomic E-state index is 0.0423. The molecule has 4 atom stereocenters. The first-order chi connectivity index (χ1) is 24.2. The number of phenolic OH excluding ortho intramolecular Hbond substituents is 1. The minimum atomic E-state index is -3.65. The molecule has 5 aromatic carbocycles. The van der Waals surface area contributed by atoms with E-state index in [-0.39, 0.29) is 36.0 Å². The first-order valence-corrected chi connectivity index (χ1v) is 18.1. The highest BCUT2D eigenvalue weighted by molar-refractivity contribution is 7.89. The van der Waals surface area contributed by atoms with Gasteiger partial charge in [0.2, 0.25) is 10.0 Å². The molecule has 6 rings (SSSR count). The van der Waals surface area contributed by atoms with Crippen LogP contribution in [0.1, 0.15) is 52.7 Å². The third-order valence-electron chi connectivity index (χ3n) is 8.81. The Labute approximate surface area is 293 Å². The van der Waals surface area contributed by atoms with Crippen LogP contribution in [0.5, 0.6) is 5.75 Å². The van der Waals surface area contributed by atoms with Crippen LogP contribution in [0.3, 0.4) is 0 Å². The molecule has 4 N–H and O–H groups in total. The van der Waals surface area contributed by atoms with Crippen molar-refractivity contribution in [1.82, 2.24) is 9.62 Å². The fraction of sp³-hybridized carbons (Fsp3) is 0.250. The lowest BCUT2D eigenvalue weighted by atomic mass is 9.98. The summed E-state index contributed by atoms with van der Waals surface area (Å²) in [6.45, 7) is 0.977. The zero-order chi connectivity index (χ0) is 35.1. The quantitative estimate of drug-likeness (QED) is 0.114. The van der Waals surface area contributed by atoms with Crippen LogP contribution < -0.4 is 4.72 Å². The molecule has 0 unspecified atom stereocenters. The van der Waals surface area contributed by atoms with Gasteiger partial charge < -0.3 is 29.7 Å². The number of hydrogen-bond acceptors (Lipinski definition) is 8. The average Bonchev–Trinajstić information content (AvgIpc) is 3.14. The highest BCUT2D eigenvalue weighted by atomic mass is 32.2. The third-order valence-corrected chi connectivity index (χ3v) is 10.2. The predicted octanol–water partition coefficient (Wildman–Crippen LogP) is 6.24. The van der Waals surface area contributed by atoms with Crippen molar-refractivity contribution < 1.29 is 33.2 Å². The van der Waals surface area contributed by atoms with Crippen LogP contribution >= 0.6 is 0 Å². The van der Waals surface area contributed by atoms with E-state index in [0.29, 0.717) is 25.1 Å². The molecule has 1 aliphatic rings. The second kappa shape index (κ2) is 16.1. The minimum Gasteiger partial charge on any atom is -0.508 e. The van der Waals surface area contributed by atoms with E-state index in [0.717, 1.165) is 33.4 Å². The molecule has 0 spiro atoms. The van der Waals surface area contributed by atoms with Crippen molar-refractivity contribution in [2.24, 2.45) is 0 Å². The molecule has 0 radical (unpaired) electrons. The number of benzene rings is 5. The van der Waals surface area contributed by atoms with E-state index in [1.165, 1.54) is 0 Å². The molecule has 10 heteroatoms. The molecule has 1 fully saturated rings. The van der Waals surface area contributed by atoms with Gasteiger partial charge in [-0.2, -0.15) is 0 Å². The summed E-state index contributed by atoms with van der Waals surface area (Å²) >= 11 is 0. The second-order valence-corrected chi connectivity index (χ2v) is 14.4. The fourth-order valence-electron chi connectivity index (χ4n) is 6.17. The second-order valence-electron chi connectivity index (χ2n) is 12.6. The van der Waals surface area contributed by atoms with Crippen molar-refractivity contribution in [2.75, 3.05) is 20.1 Å². The number of sulfonamides is 1. The summed E-state index contributed by atoms with van der Waals surface area (Å²) in [5.74, 6) is 0.108. The Kier molecular flexibility index (Phi) is 11.4. The average molecular weight is 695 g/mol. The molecule has 1 saturated heterocycles. The number of aliphatic hydroxyl groups excluding tert-OH is 2. The van der Waals surface area contributed by atoms with Gasteiger partial charge in [-0.1, -0.05) is 91.0 Å². The van der Waals surface area contributed by atoms with E-state index >= 15 is 0 Å². The van der Waals surface area contributed by atoms with E-state index in [1.54, 1.807) is 54.6 Å². The molecule has 260 valence electrons. The largest absolute Gasteiger partial charge is 0.508 e. The highest BCUT2D eigenvalue weighted by Gasteiger charge is 2.33. The number of likely N-dealkylation sites (N-methyl/N-ethyl adjacent to an activating group) is 1. The molecule has 0 amide bonds. The van der Waals surface area contributed by atoms with E-state index in [9.17, 15) is 23.7 Å². The first kappa shape index (κ1) is 35.4. The monoisotopic (exact) mass is 694 g/mol. The SMILES string of the molecule is CN(C[C@H]1C[C@@H](c2ccc(CO)cc2)O[C@@H](c2cccc(-c3cccc(CNS(=O)(=O)c4ccccc4)c3)c2)O1)C[C@@H](O)c1cccc(O)c1. The van der Waals surface area contributed by atoms with Gasteiger partial charge in [-0.15, -0.1) is 0 Å².